The Morgan fingerprint density at radius 1 is 1.00 bits per heavy atom. The fraction of sp³-hybridized carbons (Fsp3) is 0.556. The van der Waals surface area contributed by atoms with E-state index in [9.17, 15) is 0 Å². The van der Waals surface area contributed by atoms with E-state index in [2.05, 4.69) is 70.7 Å². The number of hydrogen-bond donors (Lipinski definition) is 0. The molecule has 0 amide bonds. The summed E-state index contributed by atoms with van der Waals surface area (Å²) in [5.74, 6) is 0. The van der Waals surface area contributed by atoms with E-state index >= 15 is 0 Å². The Labute approximate surface area is 124 Å². The van der Waals surface area contributed by atoms with Gasteiger partial charge in [0.2, 0.25) is 0 Å². The molecule has 0 aromatic heterocycles. The van der Waals surface area contributed by atoms with Crippen molar-refractivity contribution in [1.82, 2.24) is 0 Å². The molecule has 1 aromatic rings. The summed E-state index contributed by atoms with van der Waals surface area (Å²) in [5.41, 5.74) is 4.65. The topological polar surface area (TPSA) is 0 Å². The molecule has 0 heterocycles. The Balaban J connectivity index is 3.00. The van der Waals surface area contributed by atoms with E-state index in [0.717, 1.165) is 6.42 Å². The standard InChI is InChI=1S/C14H19.2C2H5.Al/c1-6-11(2)12-7-9-13(10-8-12)14(3,4)5;2*1-2;/h2,7-10H,6H2,1,3-5H3;2*1H2,2H3;. The van der Waals surface area contributed by atoms with Crippen LogP contribution in [0.1, 0.15) is 59.1 Å². The molecule has 0 nitrogen and oxygen atoms in total. The van der Waals surface area contributed by atoms with Gasteiger partial charge in [-0.1, -0.05) is 81.9 Å². The molecule has 1 aromatic carbocycles. The van der Waals surface area contributed by atoms with Gasteiger partial charge in [-0.2, -0.15) is 0 Å². The van der Waals surface area contributed by atoms with Gasteiger partial charge in [0.15, 0.2) is 0 Å². The van der Waals surface area contributed by atoms with Crippen molar-refractivity contribution in [3.63, 3.8) is 0 Å². The molecule has 1 heteroatoms. The second-order valence-corrected chi connectivity index (χ2v) is 9.94. The van der Waals surface area contributed by atoms with Crippen molar-refractivity contribution in [2.24, 2.45) is 0 Å². The van der Waals surface area contributed by atoms with Crippen molar-refractivity contribution in [2.75, 3.05) is 0 Å². The summed E-state index contributed by atoms with van der Waals surface area (Å²) >= 11 is -0.645. The quantitative estimate of drug-likeness (QED) is 0.590. The summed E-state index contributed by atoms with van der Waals surface area (Å²) in [5, 5.41) is 2.75. The summed E-state index contributed by atoms with van der Waals surface area (Å²) in [6.45, 7) is 13.8. The van der Waals surface area contributed by atoms with Gasteiger partial charge in [-0.3, -0.25) is 0 Å². The van der Waals surface area contributed by atoms with E-state index < -0.39 is 14.1 Å². The van der Waals surface area contributed by atoms with Crippen LogP contribution >= 0.6 is 0 Å². The molecule has 0 unspecified atom stereocenters. The van der Waals surface area contributed by atoms with E-state index in [1.165, 1.54) is 21.7 Å². The predicted octanol–water partition coefficient (Wildman–Crippen LogP) is 5.85. The zero-order valence-electron chi connectivity index (χ0n) is 13.6. The number of hydrogen-bond acceptors (Lipinski definition) is 0. The first-order valence-electron chi connectivity index (χ1n) is 7.73. The molecule has 0 aliphatic heterocycles. The van der Waals surface area contributed by atoms with Crippen LogP contribution in [-0.4, -0.2) is 14.1 Å². The van der Waals surface area contributed by atoms with Gasteiger partial charge in [0.25, 0.3) is 14.1 Å². The molecular weight excluding hydrogens is 243 g/mol. The first-order chi connectivity index (χ1) is 8.92. The van der Waals surface area contributed by atoms with Gasteiger partial charge in [0, 0.05) is 0 Å². The van der Waals surface area contributed by atoms with E-state index in [0.29, 0.717) is 0 Å². The molecule has 0 spiro atoms. The van der Waals surface area contributed by atoms with E-state index in [4.69, 9.17) is 0 Å². The van der Waals surface area contributed by atoms with Crippen LogP contribution in [0.25, 0.3) is 5.57 Å². The maximum absolute atomic E-state index is 2.62. The molecule has 0 aliphatic rings. The molecule has 19 heavy (non-hydrogen) atoms. The summed E-state index contributed by atoms with van der Waals surface area (Å²) in [4.78, 5) is 2.62. The summed E-state index contributed by atoms with van der Waals surface area (Å²) < 4.78 is 0. The van der Waals surface area contributed by atoms with Crippen LogP contribution < -0.4 is 0 Å². The number of benzene rings is 1. The molecule has 0 aliphatic carbocycles. The fourth-order valence-electron chi connectivity index (χ4n) is 2.41. The van der Waals surface area contributed by atoms with Crippen molar-refractivity contribution in [3.05, 3.63) is 40.3 Å². The number of rotatable bonds is 5. The molecule has 104 valence electrons. The lowest BCUT2D eigenvalue weighted by Crippen LogP contribution is -2.10. The second kappa shape index (κ2) is 7.32. The Bertz CT molecular complexity index is 402. The minimum atomic E-state index is -0.645. The molecule has 0 fully saturated rings. The highest BCUT2D eigenvalue weighted by molar-refractivity contribution is 6.65. The minimum Gasteiger partial charge on any atom is -0.141 e. The number of allylic oxidation sites excluding steroid dienone is 1. The van der Waals surface area contributed by atoms with Gasteiger partial charge in [-0.25, -0.2) is 0 Å². The molecule has 0 saturated heterocycles. The first-order valence-corrected chi connectivity index (χ1v) is 10.0. The van der Waals surface area contributed by atoms with Crippen molar-refractivity contribution in [1.29, 1.82) is 0 Å². The van der Waals surface area contributed by atoms with Gasteiger partial charge in [0.05, 0.1) is 0 Å². The van der Waals surface area contributed by atoms with Crippen LogP contribution in [-0.2, 0) is 5.41 Å². The molecule has 0 saturated carbocycles. The van der Waals surface area contributed by atoms with Crippen molar-refractivity contribution < 1.29 is 0 Å². The molecule has 0 atom stereocenters. The van der Waals surface area contributed by atoms with E-state index in [1.807, 2.05) is 0 Å². The summed E-state index contributed by atoms with van der Waals surface area (Å²) in [6.07, 6.45) is 1.15. The van der Waals surface area contributed by atoms with Crippen molar-refractivity contribution in [2.45, 2.75) is 63.9 Å². The van der Waals surface area contributed by atoms with Crippen LogP contribution in [0.4, 0.5) is 0 Å². The highest BCUT2D eigenvalue weighted by Crippen LogP contribution is 2.26. The van der Waals surface area contributed by atoms with Crippen LogP contribution in [0.15, 0.2) is 29.2 Å². The third-order valence-electron chi connectivity index (χ3n) is 3.99. The lowest BCUT2D eigenvalue weighted by Gasteiger charge is -2.19. The maximum Gasteiger partial charge on any atom is 0.294 e. The van der Waals surface area contributed by atoms with Gasteiger partial charge >= 0.3 is 0 Å². The van der Waals surface area contributed by atoms with E-state index in [-0.39, 0.29) is 5.41 Å². The molecule has 0 radical (unpaired) electrons. The fourth-order valence-corrected chi connectivity index (χ4v) is 4.46. The maximum atomic E-state index is 2.62. The third-order valence-corrected chi connectivity index (χ3v) is 6.96. The summed E-state index contributed by atoms with van der Waals surface area (Å²) in [6, 6.07) is 9.22. The van der Waals surface area contributed by atoms with Gasteiger partial charge in [0.1, 0.15) is 0 Å². The highest BCUT2D eigenvalue weighted by atomic mass is 27.2. The van der Waals surface area contributed by atoms with Gasteiger partial charge in [-0.15, -0.1) is 4.94 Å². The Morgan fingerprint density at radius 2 is 1.53 bits per heavy atom. The lowest BCUT2D eigenvalue weighted by molar-refractivity contribution is 0.590. The second-order valence-electron chi connectivity index (χ2n) is 6.45. The smallest absolute Gasteiger partial charge is 0.141 e. The van der Waals surface area contributed by atoms with E-state index in [1.54, 1.807) is 5.57 Å². The normalized spacial score (nSPS) is 12.6. The molecular formula is C18H29Al. The Morgan fingerprint density at radius 3 is 1.89 bits per heavy atom. The van der Waals surface area contributed by atoms with Crippen LogP contribution in [0.5, 0.6) is 0 Å². The van der Waals surface area contributed by atoms with Crippen molar-refractivity contribution in [3.8, 4) is 0 Å². The molecule has 0 N–H and O–H groups in total. The van der Waals surface area contributed by atoms with Crippen LogP contribution in [0.3, 0.4) is 0 Å². The highest BCUT2D eigenvalue weighted by Gasteiger charge is 2.14. The largest absolute Gasteiger partial charge is 0.294 e. The van der Waals surface area contributed by atoms with Crippen LogP contribution in [0, 0.1) is 0 Å². The first kappa shape index (κ1) is 16.5. The molecule has 1 rings (SSSR count). The Kier molecular flexibility index (Phi) is 6.38. The average Bonchev–Trinajstić information content (AvgIpc) is 2.39. The van der Waals surface area contributed by atoms with Crippen LogP contribution in [0.2, 0.25) is 10.6 Å². The van der Waals surface area contributed by atoms with Crippen molar-refractivity contribution >= 4 is 19.7 Å². The molecule has 0 bridgehead atoms. The SMILES string of the molecule is CC/C(=[CH]\[Al]([CH2]C)[CH2]C)c1ccc(C(C)(C)C)cc1. The average molecular weight is 272 g/mol. The van der Waals surface area contributed by atoms with Gasteiger partial charge in [-0.05, 0) is 23.0 Å². The predicted molar refractivity (Wildman–Crippen MR) is 90.1 cm³/mol. The third kappa shape index (κ3) is 4.83. The monoisotopic (exact) mass is 272 g/mol. The van der Waals surface area contributed by atoms with Gasteiger partial charge < -0.3 is 0 Å². The Hall–Kier alpha value is -0.508. The minimum absolute atomic E-state index is 0.249. The lowest BCUT2D eigenvalue weighted by atomic mass is 9.86. The zero-order valence-corrected chi connectivity index (χ0v) is 14.7. The summed E-state index contributed by atoms with van der Waals surface area (Å²) in [7, 11) is 0. The zero-order chi connectivity index (χ0) is 14.5.